The molecule has 54 valence electrons. The van der Waals surface area contributed by atoms with E-state index in [4.69, 9.17) is 16.7 Å². The van der Waals surface area contributed by atoms with Crippen LogP contribution in [0, 0.1) is 0 Å². The van der Waals surface area contributed by atoms with E-state index in [1.54, 1.807) is 11.8 Å². The zero-order valence-electron chi connectivity index (χ0n) is 5.27. The van der Waals surface area contributed by atoms with Crippen molar-refractivity contribution in [3.63, 3.8) is 0 Å². The Labute approximate surface area is 65.1 Å². The van der Waals surface area contributed by atoms with E-state index in [9.17, 15) is 0 Å². The Bertz CT molecular complexity index is 85.1. The lowest BCUT2D eigenvalue weighted by Gasteiger charge is -1.95. The van der Waals surface area contributed by atoms with Crippen molar-refractivity contribution >= 4 is 23.4 Å². The third-order valence-electron chi connectivity index (χ3n) is 0.705. The van der Waals surface area contributed by atoms with Gasteiger partial charge in [0.2, 0.25) is 0 Å². The Morgan fingerprint density at radius 3 is 2.78 bits per heavy atom. The molecule has 3 heteroatoms. The van der Waals surface area contributed by atoms with Crippen molar-refractivity contribution in [3.8, 4) is 0 Å². The van der Waals surface area contributed by atoms with Gasteiger partial charge in [-0.05, 0) is 12.2 Å². The molecule has 0 unspecified atom stereocenters. The monoisotopic (exact) mass is 166 g/mol. The Kier molecular flexibility index (Phi) is 6.70. The van der Waals surface area contributed by atoms with E-state index in [0.29, 0.717) is 5.03 Å². The second kappa shape index (κ2) is 6.46. The van der Waals surface area contributed by atoms with Crippen LogP contribution in [-0.2, 0) is 0 Å². The van der Waals surface area contributed by atoms with Crippen LogP contribution in [0.25, 0.3) is 0 Å². The number of rotatable bonds is 5. The van der Waals surface area contributed by atoms with Crippen LogP contribution in [0.1, 0.15) is 6.42 Å². The number of hydrogen-bond donors (Lipinski definition) is 1. The number of aliphatic hydroxyl groups is 1. The smallest absolute Gasteiger partial charge is 0.0438 e. The summed E-state index contributed by atoms with van der Waals surface area (Å²) < 4.78 is 0. The van der Waals surface area contributed by atoms with Gasteiger partial charge in [0.05, 0.1) is 0 Å². The summed E-state index contributed by atoms with van der Waals surface area (Å²) >= 11 is 7.17. The lowest BCUT2D eigenvalue weighted by molar-refractivity contribution is 0.296. The third-order valence-corrected chi connectivity index (χ3v) is 2.13. The van der Waals surface area contributed by atoms with Crippen molar-refractivity contribution in [2.24, 2.45) is 0 Å². The number of halogens is 1. The van der Waals surface area contributed by atoms with Gasteiger partial charge in [-0.2, -0.15) is 11.8 Å². The zero-order valence-corrected chi connectivity index (χ0v) is 6.84. The molecule has 0 heterocycles. The zero-order chi connectivity index (χ0) is 7.11. The van der Waals surface area contributed by atoms with E-state index in [1.165, 1.54) is 0 Å². The van der Waals surface area contributed by atoms with Gasteiger partial charge in [0.15, 0.2) is 0 Å². The second-order valence-electron chi connectivity index (χ2n) is 1.65. The molecule has 0 aliphatic heterocycles. The molecule has 0 amide bonds. The summed E-state index contributed by atoms with van der Waals surface area (Å²) in [6.45, 7) is 3.80. The highest BCUT2D eigenvalue weighted by Gasteiger charge is 1.88. The molecule has 0 aliphatic rings. The fourth-order valence-corrected chi connectivity index (χ4v) is 1.28. The van der Waals surface area contributed by atoms with Crippen LogP contribution in [0.5, 0.6) is 0 Å². The van der Waals surface area contributed by atoms with Crippen molar-refractivity contribution < 1.29 is 5.11 Å². The summed E-state index contributed by atoms with van der Waals surface area (Å²) in [6.07, 6.45) is 0.842. The fourth-order valence-electron chi connectivity index (χ4n) is 0.350. The highest BCUT2D eigenvalue weighted by Crippen LogP contribution is 2.09. The van der Waals surface area contributed by atoms with E-state index >= 15 is 0 Å². The maximum atomic E-state index is 8.36. The van der Waals surface area contributed by atoms with Gasteiger partial charge in [-0.3, -0.25) is 0 Å². The topological polar surface area (TPSA) is 20.2 Å². The number of aliphatic hydroxyl groups excluding tert-OH is 1. The quantitative estimate of drug-likeness (QED) is 0.630. The molecule has 0 aromatic rings. The Morgan fingerprint density at radius 2 is 2.33 bits per heavy atom. The van der Waals surface area contributed by atoms with Crippen molar-refractivity contribution in [1.82, 2.24) is 0 Å². The minimum Gasteiger partial charge on any atom is -0.396 e. The van der Waals surface area contributed by atoms with E-state index < -0.39 is 0 Å². The SMILES string of the molecule is C=C(Cl)CSCCCO. The van der Waals surface area contributed by atoms with Gasteiger partial charge in [0.25, 0.3) is 0 Å². The predicted molar refractivity (Wildman–Crippen MR) is 44.0 cm³/mol. The molecule has 0 bridgehead atoms. The molecule has 0 aromatic carbocycles. The Morgan fingerprint density at radius 1 is 1.67 bits per heavy atom. The van der Waals surface area contributed by atoms with Gasteiger partial charge >= 0.3 is 0 Å². The van der Waals surface area contributed by atoms with Crippen molar-refractivity contribution in [2.45, 2.75) is 6.42 Å². The molecular formula is C6H11ClOS. The number of thioether (sulfide) groups is 1. The summed E-state index contributed by atoms with van der Waals surface area (Å²) in [4.78, 5) is 0. The molecule has 0 atom stereocenters. The van der Waals surface area contributed by atoms with E-state index in [2.05, 4.69) is 6.58 Å². The van der Waals surface area contributed by atoms with Crippen molar-refractivity contribution in [2.75, 3.05) is 18.1 Å². The first-order valence-corrected chi connectivity index (χ1v) is 4.32. The van der Waals surface area contributed by atoms with Gasteiger partial charge in [-0.15, -0.1) is 0 Å². The van der Waals surface area contributed by atoms with Crippen LogP contribution in [0.3, 0.4) is 0 Å². The molecule has 1 N–H and O–H groups in total. The molecule has 0 fully saturated rings. The summed E-state index contributed by atoms with van der Waals surface area (Å²) in [5.41, 5.74) is 0. The van der Waals surface area contributed by atoms with Crippen LogP contribution in [-0.4, -0.2) is 23.2 Å². The van der Waals surface area contributed by atoms with E-state index in [-0.39, 0.29) is 6.61 Å². The summed E-state index contributed by atoms with van der Waals surface area (Å²) in [5.74, 6) is 1.75. The molecule has 0 aliphatic carbocycles. The van der Waals surface area contributed by atoms with Crippen LogP contribution >= 0.6 is 23.4 Å². The summed E-state index contributed by atoms with van der Waals surface area (Å²) in [7, 11) is 0. The average Bonchev–Trinajstić information content (AvgIpc) is 1.80. The first-order valence-electron chi connectivity index (χ1n) is 2.79. The summed E-state index contributed by atoms with van der Waals surface area (Å²) in [5, 5.41) is 9.04. The third kappa shape index (κ3) is 8.34. The van der Waals surface area contributed by atoms with Gasteiger partial charge in [0, 0.05) is 17.4 Å². The van der Waals surface area contributed by atoms with Crippen LogP contribution in [0.4, 0.5) is 0 Å². The highest BCUT2D eigenvalue weighted by atomic mass is 35.5. The Balaban J connectivity index is 2.83. The molecule has 0 saturated carbocycles. The van der Waals surface area contributed by atoms with E-state index in [1.807, 2.05) is 0 Å². The minimum absolute atomic E-state index is 0.266. The van der Waals surface area contributed by atoms with Crippen LogP contribution < -0.4 is 0 Å². The lowest BCUT2D eigenvalue weighted by atomic mass is 10.5. The first-order chi connectivity index (χ1) is 4.27. The van der Waals surface area contributed by atoms with Crippen molar-refractivity contribution in [3.05, 3.63) is 11.6 Å². The highest BCUT2D eigenvalue weighted by molar-refractivity contribution is 7.99. The minimum atomic E-state index is 0.266. The molecule has 0 aromatic heterocycles. The van der Waals surface area contributed by atoms with Gasteiger partial charge in [-0.1, -0.05) is 18.2 Å². The normalized spacial score (nSPS) is 9.56. The van der Waals surface area contributed by atoms with E-state index in [0.717, 1.165) is 17.9 Å². The fraction of sp³-hybridized carbons (Fsp3) is 0.667. The van der Waals surface area contributed by atoms with Gasteiger partial charge in [-0.25, -0.2) is 0 Å². The molecule has 0 rings (SSSR count). The van der Waals surface area contributed by atoms with Gasteiger partial charge in [0.1, 0.15) is 0 Å². The largest absolute Gasteiger partial charge is 0.396 e. The molecular weight excluding hydrogens is 156 g/mol. The van der Waals surface area contributed by atoms with Crippen LogP contribution in [0.2, 0.25) is 0 Å². The Hall–Kier alpha value is 0.340. The maximum Gasteiger partial charge on any atom is 0.0438 e. The first kappa shape index (κ1) is 9.34. The maximum absolute atomic E-state index is 8.36. The second-order valence-corrected chi connectivity index (χ2v) is 3.29. The summed E-state index contributed by atoms with van der Waals surface area (Å²) in [6, 6.07) is 0. The molecule has 0 saturated heterocycles. The predicted octanol–water partition coefficient (Wildman–Crippen LogP) is 1.85. The van der Waals surface area contributed by atoms with Gasteiger partial charge < -0.3 is 5.11 Å². The molecule has 0 radical (unpaired) electrons. The molecule has 0 spiro atoms. The number of hydrogen-bond acceptors (Lipinski definition) is 2. The van der Waals surface area contributed by atoms with Crippen molar-refractivity contribution in [1.29, 1.82) is 0 Å². The average molecular weight is 167 g/mol. The van der Waals surface area contributed by atoms with Crippen LogP contribution in [0.15, 0.2) is 11.6 Å². The lowest BCUT2D eigenvalue weighted by Crippen LogP contribution is -1.86. The molecule has 9 heavy (non-hydrogen) atoms. The molecule has 1 nitrogen and oxygen atoms in total. The standard InChI is InChI=1S/C6H11ClOS/c1-6(7)5-9-4-2-3-8/h8H,1-5H2.